The first kappa shape index (κ1) is 19.7. The predicted molar refractivity (Wildman–Crippen MR) is 128 cm³/mol. The largest absolute Gasteiger partial charge is 0.318 e. The second kappa shape index (κ2) is 7.47. The van der Waals surface area contributed by atoms with Gasteiger partial charge < -0.3 is 4.57 Å². The highest BCUT2D eigenvalue weighted by molar-refractivity contribution is 8.27. The van der Waals surface area contributed by atoms with Crippen molar-refractivity contribution < 1.29 is 4.79 Å². The summed E-state index contributed by atoms with van der Waals surface area (Å²) in [7, 11) is 0. The van der Waals surface area contributed by atoms with Crippen molar-refractivity contribution in [2.75, 3.05) is 0 Å². The van der Waals surface area contributed by atoms with Gasteiger partial charge in [0.2, 0.25) is 5.17 Å². The van der Waals surface area contributed by atoms with Crippen molar-refractivity contribution in [3.05, 3.63) is 80.8 Å². The smallest absolute Gasteiger partial charge is 0.283 e. The van der Waals surface area contributed by atoms with Crippen LogP contribution in [0.4, 0.5) is 0 Å². The number of amides is 1. The Bertz CT molecular complexity index is 1310. The zero-order chi connectivity index (χ0) is 21.7. The van der Waals surface area contributed by atoms with Crippen molar-refractivity contribution in [3.8, 4) is 5.69 Å². The molecule has 2 aliphatic rings. The Morgan fingerprint density at radius 1 is 1.10 bits per heavy atom. The number of hydrogen-bond acceptors (Lipinski definition) is 5. The third-order valence-electron chi connectivity index (χ3n) is 5.25. The number of thiophene rings is 1. The number of benzene rings is 1. The SMILES string of the molecule is Cc1ccc(-n2c(C)cc(/C=C3/C(=N)N4N=C(c5cccs5)SC4=NC3=O)c2C)cc1. The van der Waals surface area contributed by atoms with E-state index in [0.717, 1.165) is 32.6 Å². The summed E-state index contributed by atoms with van der Waals surface area (Å²) in [6, 6.07) is 14.3. The number of rotatable bonds is 3. The quantitative estimate of drug-likeness (QED) is 0.568. The number of aryl methyl sites for hydroxylation is 2. The molecule has 0 saturated heterocycles. The maximum atomic E-state index is 12.8. The summed E-state index contributed by atoms with van der Waals surface area (Å²) in [4.78, 5) is 18.0. The van der Waals surface area contributed by atoms with E-state index in [4.69, 9.17) is 5.41 Å². The fourth-order valence-corrected chi connectivity index (χ4v) is 5.36. The lowest BCUT2D eigenvalue weighted by atomic mass is 10.1. The van der Waals surface area contributed by atoms with Crippen LogP contribution in [0.1, 0.15) is 27.4 Å². The van der Waals surface area contributed by atoms with Crippen molar-refractivity contribution in [3.63, 3.8) is 0 Å². The van der Waals surface area contributed by atoms with Gasteiger partial charge in [0, 0.05) is 17.1 Å². The minimum atomic E-state index is -0.411. The minimum Gasteiger partial charge on any atom is -0.318 e. The monoisotopic (exact) mass is 445 g/mol. The fraction of sp³-hybridized carbons (Fsp3) is 0.130. The molecule has 8 heteroatoms. The molecule has 0 radical (unpaired) electrons. The molecule has 0 atom stereocenters. The van der Waals surface area contributed by atoms with Crippen LogP contribution < -0.4 is 0 Å². The molecule has 0 aliphatic carbocycles. The zero-order valence-corrected chi connectivity index (χ0v) is 18.8. The lowest BCUT2D eigenvalue weighted by Crippen LogP contribution is -2.35. The third-order valence-corrected chi connectivity index (χ3v) is 7.20. The number of carbonyl (C=O) groups excluding carboxylic acids is 1. The normalized spacial score (nSPS) is 17.3. The molecular weight excluding hydrogens is 426 g/mol. The molecule has 154 valence electrons. The lowest BCUT2D eigenvalue weighted by Gasteiger charge is -2.20. The summed E-state index contributed by atoms with van der Waals surface area (Å²) in [6.07, 6.45) is 1.75. The predicted octanol–water partition coefficient (Wildman–Crippen LogP) is 5.13. The molecule has 0 unspecified atom stereocenters. The number of nitrogens with zero attached hydrogens (tertiary/aromatic N) is 4. The van der Waals surface area contributed by atoms with Crippen molar-refractivity contribution >= 4 is 51.1 Å². The average Bonchev–Trinajstić information content (AvgIpc) is 3.46. The van der Waals surface area contributed by atoms with Crippen LogP contribution in [0.3, 0.4) is 0 Å². The van der Waals surface area contributed by atoms with Gasteiger partial charge in [-0.05, 0) is 73.8 Å². The second-order valence-corrected chi connectivity index (χ2v) is 9.30. The molecule has 4 heterocycles. The Kier molecular flexibility index (Phi) is 4.75. The van der Waals surface area contributed by atoms with Gasteiger partial charge in [-0.25, -0.2) is 0 Å². The highest BCUT2D eigenvalue weighted by atomic mass is 32.2. The van der Waals surface area contributed by atoms with E-state index >= 15 is 0 Å². The van der Waals surface area contributed by atoms with Crippen LogP contribution in [0.5, 0.6) is 0 Å². The molecule has 3 aromatic rings. The molecule has 6 nitrogen and oxygen atoms in total. The van der Waals surface area contributed by atoms with E-state index < -0.39 is 5.91 Å². The number of fused-ring (bicyclic) bond motifs is 1. The topological polar surface area (TPSA) is 73.8 Å². The van der Waals surface area contributed by atoms with Crippen LogP contribution in [0.15, 0.2) is 63.5 Å². The summed E-state index contributed by atoms with van der Waals surface area (Å²) >= 11 is 2.89. The molecule has 31 heavy (non-hydrogen) atoms. The van der Waals surface area contributed by atoms with Crippen LogP contribution >= 0.6 is 23.1 Å². The van der Waals surface area contributed by atoms with E-state index in [1.54, 1.807) is 17.4 Å². The van der Waals surface area contributed by atoms with Gasteiger partial charge in [-0.15, -0.1) is 11.3 Å². The van der Waals surface area contributed by atoms with Crippen molar-refractivity contribution in [1.82, 2.24) is 9.58 Å². The zero-order valence-electron chi connectivity index (χ0n) is 17.2. The number of thioether (sulfide) groups is 1. The average molecular weight is 446 g/mol. The Hall–Kier alpha value is -3.23. The number of aliphatic imine (C=N–C) groups is 1. The van der Waals surface area contributed by atoms with Gasteiger partial charge in [0.1, 0.15) is 5.04 Å². The van der Waals surface area contributed by atoms with Gasteiger partial charge in [-0.1, -0.05) is 23.8 Å². The van der Waals surface area contributed by atoms with Gasteiger partial charge in [0.05, 0.1) is 10.5 Å². The molecule has 0 saturated carbocycles. The molecule has 1 N–H and O–H groups in total. The molecule has 2 aliphatic heterocycles. The Balaban J connectivity index is 1.52. The van der Waals surface area contributed by atoms with Crippen LogP contribution in [0.25, 0.3) is 11.8 Å². The maximum absolute atomic E-state index is 12.8. The van der Waals surface area contributed by atoms with E-state index in [2.05, 4.69) is 45.9 Å². The van der Waals surface area contributed by atoms with E-state index in [1.807, 2.05) is 37.4 Å². The van der Waals surface area contributed by atoms with Gasteiger partial charge in [0.25, 0.3) is 5.91 Å². The molecule has 2 aromatic heterocycles. The van der Waals surface area contributed by atoms with Crippen LogP contribution in [0.2, 0.25) is 0 Å². The Morgan fingerprint density at radius 3 is 2.58 bits per heavy atom. The minimum absolute atomic E-state index is 0.0502. The summed E-state index contributed by atoms with van der Waals surface area (Å²) in [5, 5.41) is 17.8. The second-order valence-electron chi connectivity index (χ2n) is 7.40. The van der Waals surface area contributed by atoms with Gasteiger partial charge >= 0.3 is 0 Å². The van der Waals surface area contributed by atoms with Gasteiger partial charge in [-0.3, -0.25) is 10.2 Å². The number of aromatic nitrogens is 1. The molecule has 1 amide bonds. The maximum Gasteiger partial charge on any atom is 0.283 e. The Labute approximate surface area is 188 Å². The van der Waals surface area contributed by atoms with Crippen molar-refractivity contribution in [2.45, 2.75) is 20.8 Å². The van der Waals surface area contributed by atoms with Crippen molar-refractivity contribution in [2.24, 2.45) is 10.1 Å². The molecule has 1 aromatic carbocycles. The first-order valence-electron chi connectivity index (χ1n) is 9.72. The highest BCUT2D eigenvalue weighted by Crippen LogP contribution is 2.33. The van der Waals surface area contributed by atoms with Crippen LogP contribution in [-0.2, 0) is 4.79 Å². The van der Waals surface area contributed by atoms with Crippen LogP contribution in [0, 0.1) is 26.2 Å². The molecule has 5 rings (SSSR count). The molecule has 0 fully saturated rings. The van der Waals surface area contributed by atoms with Gasteiger partial charge in [0.15, 0.2) is 5.84 Å². The number of nitrogens with one attached hydrogen (secondary N) is 1. The standard InChI is InChI=1S/C23H19N5OS2/c1-13-6-8-17(9-7-13)27-14(2)11-16(15(27)3)12-18-20(24)28-23(25-21(18)29)31-22(26-28)19-5-4-10-30-19/h4-12,24H,1-3H3/b18-12-,24-20?. The molecular formula is C23H19N5OS2. The van der Waals surface area contributed by atoms with Gasteiger partial charge in [-0.2, -0.15) is 15.1 Å². The Morgan fingerprint density at radius 2 is 1.87 bits per heavy atom. The van der Waals surface area contributed by atoms with E-state index in [9.17, 15) is 4.79 Å². The van der Waals surface area contributed by atoms with E-state index in [0.29, 0.717) is 5.17 Å². The van der Waals surface area contributed by atoms with E-state index in [1.165, 1.54) is 22.3 Å². The lowest BCUT2D eigenvalue weighted by molar-refractivity contribution is -0.114. The third kappa shape index (κ3) is 3.37. The molecule has 0 bridgehead atoms. The number of amidine groups is 2. The first-order chi connectivity index (χ1) is 14.9. The summed E-state index contributed by atoms with van der Waals surface area (Å²) in [6.45, 7) is 6.12. The number of hydrazone groups is 1. The summed E-state index contributed by atoms with van der Waals surface area (Å²) < 4.78 is 2.15. The first-order valence-corrected chi connectivity index (χ1v) is 11.4. The highest BCUT2D eigenvalue weighted by Gasteiger charge is 2.36. The van der Waals surface area contributed by atoms with Crippen molar-refractivity contribution in [1.29, 1.82) is 5.41 Å². The number of carbonyl (C=O) groups is 1. The summed E-state index contributed by atoms with van der Waals surface area (Å²) in [5.74, 6) is -0.360. The van der Waals surface area contributed by atoms with Crippen LogP contribution in [-0.4, -0.2) is 31.5 Å². The van der Waals surface area contributed by atoms with E-state index in [-0.39, 0.29) is 11.4 Å². The number of hydrogen-bond donors (Lipinski definition) is 1. The molecule has 0 spiro atoms. The fourth-order valence-electron chi connectivity index (χ4n) is 3.67. The summed E-state index contributed by atoms with van der Waals surface area (Å²) in [5.41, 5.74) is 5.46.